The first-order valence-electron chi connectivity index (χ1n) is 23.6. The van der Waals surface area contributed by atoms with Crippen LogP contribution in [0.15, 0.2) is 166 Å². The number of nitro groups is 1. The van der Waals surface area contributed by atoms with Crippen LogP contribution in [0.5, 0.6) is 0 Å². The van der Waals surface area contributed by atoms with Crippen LogP contribution in [0, 0.1) is 17.0 Å². The first-order valence-corrected chi connectivity index (χ1v) is 26.1. The minimum Gasteiger partial charge on any atom is -0.340 e. The number of fused-ring (bicyclic) bond motifs is 6. The third kappa shape index (κ3) is 10.1. The summed E-state index contributed by atoms with van der Waals surface area (Å²) in [6.07, 6.45) is 7.58. The lowest BCUT2D eigenvalue weighted by Crippen LogP contribution is -2.07. The van der Waals surface area contributed by atoms with Gasteiger partial charge in [-0.25, -0.2) is 9.59 Å². The number of aryl methyl sites for hydroxylation is 3. The van der Waals surface area contributed by atoms with Gasteiger partial charge < -0.3 is 18.8 Å². The fraction of sp³-hybridized carbons (Fsp3) is 0.190. The number of unbranched alkanes of at least 4 members (excludes halogenated alkanes) is 3. The Labute approximate surface area is 424 Å². The van der Waals surface area contributed by atoms with Crippen LogP contribution in [0.4, 0.5) is 5.69 Å². The van der Waals surface area contributed by atoms with E-state index in [2.05, 4.69) is 31.6 Å². The molecule has 7 aromatic carbocycles. The van der Waals surface area contributed by atoms with Crippen molar-refractivity contribution < 1.29 is 29.0 Å². The highest BCUT2D eigenvalue weighted by Gasteiger charge is 2.22. The Balaban J connectivity index is 1.01. The molecule has 12 nitrogen and oxygen atoms in total. The van der Waals surface area contributed by atoms with E-state index in [4.69, 9.17) is 9.68 Å². The second-order valence-electron chi connectivity index (χ2n) is 17.5. The molecular weight excluding hydrogens is 943 g/mol. The Morgan fingerprint density at radius 1 is 0.528 bits per heavy atom. The lowest BCUT2D eigenvalue weighted by atomic mass is 9.97. The smallest absolute Gasteiger partial charge is 0.332 e. The van der Waals surface area contributed by atoms with Crippen LogP contribution in [0.1, 0.15) is 83.3 Å². The maximum absolute atomic E-state index is 14.0. The molecule has 0 spiro atoms. The van der Waals surface area contributed by atoms with Gasteiger partial charge in [-0.15, -0.1) is 23.5 Å². The fourth-order valence-electron chi connectivity index (χ4n) is 9.52. The van der Waals surface area contributed by atoms with E-state index in [1.54, 1.807) is 35.7 Å². The minimum atomic E-state index is -0.542. The highest BCUT2D eigenvalue weighted by molar-refractivity contribution is 7.99. The maximum atomic E-state index is 14.0. The molecule has 0 radical (unpaired) electrons. The number of hydrogen-bond acceptors (Lipinski definition) is 11. The number of thioether (sulfide) groups is 2. The SMILES string of the molecule is CSc1ccccc1/C(=N\OC(C)=O)c1ccc2c(c1)c1cc([N+](=O)[O-])ccc1n2CCCCCCn1c2ccc(C(=O)c3ccccc3C)cc2c2cc(/C(=N\OC(C)=O)c3ccccc3SC)ccc21. The van der Waals surface area contributed by atoms with Gasteiger partial charge in [-0.3, -0.25) is 14.9 Å². The predicted molar refractivity (Wildman–Crippen MR) is 290 cm³/mol. The second kappa shape index (κ2) is 21.7. The molecule has 0 atom stereocenters. The number of ketones is 1. The highest BCUT2D eigenvalue weighted by Crippen LogP contribution is 2.36. The molecule has 0 unspecified atom stereocenters. The van der Waals surface area contributed by atoms with Gasteiger partial charge in [0.1, 0.15) is 11.4 Å². The molecule has 72 heavy (non-hydrogen) atoms. The van der Waals surface area contributed by atoms with Gasteiger partial charge in [0.15, 0.2) is 5.78 Å². The van der Waals surface area contributed by atoms with Crippen molar-refractivity contribution in [3.05, 3.63) is 195 Å². The van der Waals surface area contributed by atoms with E-state index in [1.807, 2.05) is 141 Å². The van der Waals surface area contributed by atoms with Crippen molar-refractivity contribution in [3.63, 3.8) is 0 Å². The molecule has 0 N–H and O–H groups in total. The third-order valence-electron chi connectivity index (χ3n) is 12.9. The average Bonchev–Trinajstić information content (AvgIpc) is 3.87. The summed E-state index contributed by atoms with van der Waals surface area (Å²) in [7, 11) is 0. The summed E-state index contributed by atoms with van der Waals surface area (Å²) >= 11 is 3.14. The number of oxime groups is 2. The average molecular weight is 994 g/mol. The molecule has 9 rings (SSSR count). The fourth-order valence-corrected chi connectivity index (χ4v) is 10.7. The molecule has 2 aromatic heterocycles. The van der Waals surface area contributed by atoms with E-state index >= 15 is 0 Å². The molecular formula is C58H51N5O7S2. The largest absolute Gasteiger partial charge is 0.340 e. The zero-order chi connectivity index (χ0) is 50.5. The Morgan fingerprint density at radius 3 is 1.38 bits per heavy atom. The predicted octanol–water partition coefficient (Wildman–Crippen LogP) is 13.7. The molecule has 0 fully saturated rings. The van der Waals surface area contributed by atoms with E-state index < -0.39 is 11.9 Å². The Morgan fingerprint density at radius 2 is 0.931 bits per heavy atom. The Bertz CT molecular complexity index is 3670. The highest BCUT2D eigenvalue weighted by atomic mass is 32.2. The number of nitro benzene ring substituents is 1. The molecule has 0 bridgehead atoms. The summed E-state index contributed by atoms with van der Waals surface area (Å²) in [6, 6.07) is 46.4. The monoisotopic (exact) mass is 993 g/mol. The van der Waals surface area contributed by atoms with Crippen LogP contribution < -0.4 is 0 Å². The molecule has 0 aliphatic carbocycles. The van der Waals surface area contributed by atoms with Gasteiger partial charge >= 0.3 is 11.9 Å². The maximum Gasteiger partial charge on any atom is 0.332 e. The third-order valence-corrected chi connectivity index (χ3v) is 14.5. The number of rotatable bonds is 18. The molecule has 0 saturated carbocycles. The van der Waals surface area contributed by atoms with Crippen LogP contribution in [0.3, 0.4) is 0 Å². The van der Waals surface area contributed by atoms with Crippen molar-refractivity contribution in [2.24, 2.45) is 10.3 Å². The van der Waals surface area contributed by atoms with Gasteiger partial charge in [0.2, 0.25) is 0 Å². The van der Waals surface area contributed by atoms with Crippen LogP contribution in [0.25, 0.3) is 43.6 Å². The van der Waals surface area contributed by atoms with E-state index in [-0.39, 0.29) is 16.4 Å². The quantitative estimate of drug-likeness (QED) is 0.0156. The Kier molecular flexibility index (Phi) is 14.8. The Hall–Kier alpha value is -7.81. The molecule has 9 aromatic rings. The van der Waals surface area contributed by atoms with Gasteiger partial charge in [0.05, 0.1) is 4.92 Å². The van der Waals surface area contributed by atoms with E-state index in [1.165, 1.54) is 13.8 Å². The number of carbonyl (C=O) groups excluding carboxylic acids is 3. The number of carbonyl (C=O) groups is 3. The van der Waals surface area contributed by atoms with Crippen LogP contribution in [-0.4, -0.2) is 55.7 Å². The molecule has 2 heterocycles. The van der Waals surface area contributed by atoms with Crippen molar-refractivity contribution in [1.29, 1.82) is 0 Å². The van der Waals surface area contributed by atoms with Crippen LogP contribution in [-0.2, 0) is 32.4 Å². The summed E-state index contributed by atoms with van der Waals surface area (Å²) in [5.74, 6) is -1.11. The summed E-state index contributed by atoms with van der Waals surface area (Å²) in [6.45, 7) is 6.00. The number of nitrogens with zero attached hydrogens (tertiary/aromatic N) is 5. The zero-order valence-corrected chi connectivity index (χ0v) is 42.1. The van der Waals surface area contributed by atoms with E-state index in [0.29, 0.717) is 34.7 Å². The summed E-state index contributed by atoms with van der Waals surface area (Å²) < 4.78 is 4.55. The first-order chi connectivity index (χ1) is 34.9. The van der Waals surface area contributed by atoms with E-state index in [9.17, 15) is 24.5 Å². The van der Waals surface area contributed by atoms with Gasteiger partial charge in [0.25, 0.3) is 5.69 Å². The molecule has 0 amide bonds. The number of benzene rings is 7. The van der Waals surface area contributed by atoms with Crippen molar-refractivity contribution in [3.8, 4) is 0 Å². The van der Waals surface area contributed by atoms with Gasteiger partial charge in [-0.1, -0.05) is 95.9 Å². The van der Waals surface area contributed by atoms with Crippen LogP contribution in [0.2, 0.25) is 0 Å². The van der Waals surface area contributed by atoms with Crippen LogP contribution >= 0.6 is 23.5 Å². The van der Waals surface area contributed by atoms with Crippen molar-refractivity contribution in [1.82, 2.24) is 9.13 Å². The zero-order valence-electron chi connectivity index (χ0n) is 40.5. The normalized spacial score (nSPS) is 12.0. The van der Waals surface area contributed by atoms with Gasteiger partial charge in [0, 0.05) is 126 Å². The van der Waals surface area contributed by atoms with Gasteiger partial charge in [-0.2, -0.15) is 0 Å². The van der Waals surface area contributed by atoms with Crippen molar-refractivity contribution >= 4 is 102 Å². The molecule has 0 aliphatic rings. The lowest BCUT2D eigenvalue weighted by molar-refractivity contribution is -0.384. The van der Waals surface area contributed by atoms with Gasteiger partial charge in [-0.05, 0) is 98.5 Å². The minimum absolute atomic E-state index is 0.000351. The number of non-ortho nitro benzene ring substituents is 1. The summed E-state index contributed by atoms with van der Waals surface area (Å²) in [4.78, 5) is 62.2. The molecule has 14 heteroatoms. The second-order valence-corrected chi connectivity index (χ2v) is 19.2. The number of aromatic nitrogens is 2. The lowest BCUT2D eigenvalue weighted by Gasteiger charge is -2.12. The molecule has 0 saturated heterocycles. The van der Waals surface area contributed by atoms with Crippen molar-refractivity contribution in [2.45, 2.75) is 69.3 Å². The molecule has 0 aliphatic heterocycles. The summed E-state index contributed by atoms with van der Waals surface area (Å²) in [5.41, 5.74) is 10.1. The summed E-state index contributed by atoms with van der Waals surface area (Å²) in [5, 5.41) is 24.2. The number of hydrogen-bond donors (Lipinski definition) is 0. The van der Waals surface area contributed by atoms with Crippen molar-refractivity contribution in [2.75, 3.05) is 12.5 Å². The topological polar surface area (TPSA) is 147 Å². The van der Waals surface area contributed by atoms with E-state index in [0.717, 1.165) is 108 Å². The first kappa shape index (κ1) is 49.2. The molecule has 362 valence electrons. The standard InChI is InChI=1S/C58H51N5O7S2/c1-36-16-8-9-17-43(36)58(66)41-24-28-52-48(34-41)46-32-39(56(59-69-37(2)64)44-18-10-12-20-54(44)71-4)22-26-50(46)61(52)30-14-6-7-15-31-62-51-27-23-40(33-47(51)49-35-42(63(67)68)25-29-53(49)62)57(60-70-38(3)65)45-19-11-13-21-55(45)72-5/h8-13,16-29,32-35H,6-7,14-15,30-31H2,1-5H3/b59-56+,60-57-.